The Morgan fingerprint density at radius 1 is 1.37 bits per heavy atom. The van der Waals surface area contributed by atoms with E-state index < -0.39 is 0 Å². The van der Waals surface area contributed by atoms with E-state index in [-0.39, 0.29) is 11.1 Å². The molecule has 1 aliphatic heterocycles. The molecule has 7 nitrogen and oxygen atoms in total. The lowest BCUT2D eigenvalue weighted by Crippen LogP contribution is -2.38. The van der Waals surface area contributed by atoms with Gasteiger partial charge in [0.05, 0.1) is 5.69 Å². The largest absolute Gasteiger partial charge is 0.492 e. The van der Waals surface area contributed by atoms with Gasteiger partial charge in [0.15, 0.2) is 0 Å². The van der Waals surface area contributed by atoms with Crippen molar-refractivity contribution >= 4 is 17.5 Å². The molecule has 1 amide bonds. The third kappa shape index (κ3) is 6.72. The predicted octanol–water partition coefficient (Wildman–Crippen LogP) is 3.38. The Labute approximate surface area is 182 Å². The van der Waals surface area contributed by atoms with E-state index >= 15 is 0 Å². The average molecular weight is 436 g/mol. The number of aryl methyl sites for hydroxylation is 1. The van der Waals surface area contributed by atoms with E-state index in [4.69, 9.17) is 25.6 Å². The zero-order valence-electron chi connectivity index (χ0n) is 17.7. The first-order valence-electron chi connectivity index (χ1n) is 10.4. The number of hydrogen-bond donors (Lipinski definition) is 1. The summed E-state index contributed by atoms with van der Waals surface area (Å²) in [6, 6.07) is 8.40. The summed E-state index contributed by atoms with van der Waals surface area (Å²) in [6.45, 7) is 5.45. The van der Waals surface area contributed by atoms with Crippen LogP contribution in [0.15, 0.2) is 28.8 Å². The number of benzene rings is 1. The minimum Gasteiger partial charge on any atom is -0.492 e. The minimum atomic E-state index is -0.0453. The summed E-state index contributed by atoms with van der Waals surface area (Å²) >= 11 is 5.94. The van der Waals surface area contributed by atoms with Crippen LogP contribution in [-0.4, -0.2) is 55.4 Å². The molecule has 0 unspecified atom stereocenters. The monoisotopic (exact) mass is 435 g/mol. The van der Waals surface area contributed by atoms with Gasteiger partial charge in [0, 0.05) is 44.3 Å². The fourth-order valence-corrected chi connectivity index (χ4v) is 3.79. The Bertz CT molecular complexity index is 801. The number of nitrogens with one attached hydrogen (secondary N) is 1. The Kier molecular flexibility index (Phi) is 8.54. The number of carbonyl (C=O) groups excluding carboxylic acids is 1. The van der Waals surface area contributed by atoms with E-state index in [2.05, 4.69) is 22.4 Å². The van der Waals surface area contributed by atoms with Gasteiger partial charge < -0.3 is 19.3 Å². The van der Waals surface area contributed by atoms with Crippen molar-refractivity contribution < 1.29 is 18.8 Å². The summed E-state index contributed by atoms with van der Waals surface area (Å²) in [6.07, 6.45) is 2.99. The van der Waals surface area contributed by atoms with Crippen LogP contribution in [0.25, 0.3) is 0 Å². The number of ether oxygens (including phenoxy) is 2. The summed E-state index contributed by atoms with van der Waals surface area (Å²) in [5, 5.41) is 6.99. The van der Waals surface area contributed by atoms with Gasteiger partial charge in [0.25, 0.3) is 0 Å². The molecule has 0 atom stereocenters. The van der Waals surface area contributed by atoms with Gasteiger partial charge in [-0.05, 0) is 62.5 Å². The van der Waals surface area contributed by atoms with Crippen molar-refractivity contribution in [3.8, 4) is 5.75 Å². The lowest BCUT2D eigenvalue weighted by atomic mass is 10.1. The van der Waals surface area contributed by atoms with Crippen LogP contribution in [0.4, 0.5) is 0 Å². The molecule has 1 aromatic carbocycles. The molecular weight excluding hydrogens is 406 g/mol. The lowest BCUT2D eigenvalue weighted by molar-refractivity contribution is -0.121. The van der Waals surface area contributed by atoms with Crippen molar-refractivity contribution in [2.24, 2.45) is 0 Å². The minimum absolute atomic E-state index is 0.0453. The van der Waals surface area contributed by atoms with Gasteiger partial charge >= 0.3 is 0 Å². The van der Waals surface area contributed by atoms with Crippen molar-refractivity contribution in [3.63, 3.8) is 0 Å². The van der Waals surface area contributed by atoms with Gasteiger partial charge in [0.1, 0.15) is 12.4 Å². The van der Waals surface area contributed by atoms with Crippen LogP contribution < -0.4 is 10.1 Å². The summed E-state index contributed by atoms with van der Waals surface area (Å²) in [5.74, 6) is 0.769. The van der Waals surface area contributed by atoms with Crippen LogP contribution in [0.5, 0.6) is 5.75 Å². The van der Waals surface area contributed by atoms with Gasteiger partial charge in [-0.2, -0.15) is 0 Å². The maximum absolute atomic E-state index is 12.2. The molecule has 2 heterocycles. The molecule has 0 bridgehead atoms. The SMILES string of the molecule is Cc1noc(Cl)c1CCC(=O)NCc1cccc(OCCN(C)C2CCOCC2)c1. The molecule has 1 aliphatic rings. The van der Waals surface area contributed by atoms with Crippen molar-refractivity contribution in [3.05, 3.63) is 46.3 Å². The highest BCUT2D eigenvalue weighted by Gasteiger charge is 2.18. The van der Waals surface area contributed by atoms with Crippen LogP contribution >= 0.6 is 11.6 Å². The van der Waals surface area contributed by atoms with Gasteiger partial charge in [-0.15, -0.1) is 0 Å². The third-order valence-electron chi connectivity index (χ3n) is 5.45. The second kappa shape index (κ2) is 11.3. The summed E-state index contributed by atoms with van der Waals surface area (Å²) in [7, 11) is 2.14. The number of aromatic nitrogens is 1. The van der Waals surface area contributed by atoms with E-state index in [1.165, 1.54) is 0 Å². The summed E-state index contributed by atoms with van der Waals surface area (Å²) in [5.41, 5.74) is 2.51. The van der Waals surface area contributed by atoms with E-state index in [0.29, 0.717) is 32.0 Å². The first-order valence-corrected chi connectivity index (χ1v) is 10.8. The molecule has 30 heavy (non-hydrogen) atoms. The quantitative estimate of drug-likeness (QED) is 0.616. The van der Waals surface area contributed by atoms with E-state index in [1.54, 1.807) is 0 Å². The normalized spacial score (nSPS) is 14.8. The van der Waals surface area contributed by atoms with Crippen molar-refractivity contribution in [1.82, 2.24) is 15.4 Å². The molecular formula is C22H30ClN3O4. The topological polar surface area (TPSA) is 76.8 Å². The second-order valence-corrected chi connectivity index (χ2v) is 7.96. The highest BCUT2D eigenvalue weighted by Crippen LogP contribution is 2.20. The zero-order chi connectivity index (χ0) is 21.3. The Balaban J connectivity index is 1.38. The Morgan fingerprint density at radius 3 is 2.90 bits per heavy atom. The van der Waals surface area contributed by atoms with Crippen LogP contribution in [0.3, 0.4) is 0 Å². The predicted molar refractivity (Wildman–Crippen MR) is 115 cm³/mol. The van der Waals surface area contributed by atoms with E-state index in [9.17, 15) is 4.79 Å². The fraction of sp³-hybridized carbons (Fsp3) is 0.545. The lowest BCUT2D eigenvalue weighted by Gasteiger charge is -2.31. The molecule has 164 valence electrons. The molecule has 3 rings (SSSR count). The van der Waals surface area contributed by atoms with E-state index in [0.717, 1.165) is 55.2 Å². The van der Waals surface area contributed by atoms with Crippen LogP contribution in [0, 0.1) is 6.92 Å². The third-order valence-corrected chi connectivity index (χ3v) is 5.75. The first-order chi connectivity index (χ1) is 14.5. The van der Waals surface area contributed by atoms with Crippen LogP contribution in [0.1, 0.15) is 36.1 Å². The smallest absolute Gasteiger partial charge is 0.229 e. The first kappa shape index (κ1) is 22.6. The number of likely N-dealkylation sites (N-methyl/N-ethyl adjacent to an activating group) is 1. The molecule has 0 aliphatic carbocycles. The molecule has 1 N–H and O–H groups in total. The maximum Gasteiger partial charge on any atom is 0.229 e. The molecule has 1 fully saturated rings. The van der Waals surface area contributed by atoms with E-state index in [1.807, 2.05) is 31.2 Å². The second-order valence-electron chi connectivity index (χ2n) is 7.62. The molecule has 0 radical (unpaired) electrons. The zero-order valence-corrected chi connectivity index (χ0v) is 18.4. The Hall–Kier alpha value is -2.09. The molecule has 2 aromatic rings. The molecule has 0 saturated carbocycles. The highest BCUT2D eigenvalue weighted by atomic mass is 35.5. The average Bonchev–Trinajstić information content (AvgIpc) is 3.09. The number of rotatable bonds is 10. The van der Waals surface area contributed by atoms with Crippen molar-refractivity contribution in [1.29, 1.82) is 0 Å². The maximum atomic E-state index is 12.2. The molecule has 1 aromatic heterocycles. The molecule has 1 saturated heterocycles. The van der Waals surface area contributed by atoms with Gasteiger partial charge in [-0.25, -0.2) is 0 Å². The molecule has 0 spiro atoms. The van der Waals surface area contributed by atoms with Crippen molar-refractivity contribution in [2.45, 2.75) is 45.2 Å². The van der Waals surface area contributed by atoms with Gasteiger partial charge in [-0.1, -0.05) is 17.3 Å². The number of amides is 1. The number of halogens is 1. The van der Waals surface area contributed by atoms with Gasteiger partial charge in [-0.3, -0.25) is 9.69 Å². The fourth-order valence-electron chi connectivity index (χ4n) is 3.53. The van der Waals surface area contributed by atoms with Crippen LogP contribution in [0.2, 0.25) is 5.22 Å². The summed E-state index contributed by atoms with van der Waals surface area (Å²) < 4.78 is 16.3. The van der Waals surface area contributed by atoms with Crippen LogP contribution in [-0.2, 0) is 22.5 Å². The number of carbonyl (C=O) groups is 1. The Morgan fingerprint density at radius 2 is 2.17 bits per heavy atom. The van der Waals surface area contributed by atoms with Crippen molar-refractivity contribution in [2.75, 3.05) is 33.4 Å². The standard InChI is InChI=1S/C22H30ClN3O4/c1-16-20(22(23)30-25-16)6-7-21(27)24-15-17-4-3-5-19(14-17)29-13-10-26(2)18-8-11-28-12-9-18/h3-5,14,18H,6-13,15H2,1-2H3,(H,24,27). The number of nitrogens with zero attached hydrogens (tertiary/aromatic N) is 2. The van der Waals surface area contributed by atoms with Gasteiger partial charge in [0.2, 0.25) is 11.1 Å². The highest BCUT2D eigenvalue weighted by molar-refractivity contribution is 6.29. The molecule has 8 heteroatoms. The summed E-state index contributed by atoms with van der Waals surface area (Å²) in [4.78, 5) is 14.5. The number of hydrogen-bond acceptors (Lipinski definition) is 6.